The molecule has 11 aromatic heterocycles. The van der Waals surface area contributed by atoms with Crippen molar-refractivity contribution in [3.8, 4) is 102 Å². The van der Waals surface area contributed by atoms with Gasteiger partial charge in [-0.15, -0.1) is 0 Å². The summed E-state index contributed by atoms with van der Waals surface area (Å²) in [6, 6.07) is 157. The van der Waals surface area contributed by atoms with E-state index >= 15 is 0 Å². The van der Waals surface area contributed by atoms with Crippen molar-refractivity contribution < 1.29 is 17.7 Å². The Morgan fingerprint density at radius 2 is 0.517 bits per heavy atom. The Hall–Kier alpha value is -19.2. The van der Waals surface area contributed by atoms with Crippen LogP contribution in [0.15, 0.2) is 467 Å². The van der Waals surface area contributed by atoms with Crippen LogP contribution in [0.4, 0.5) is 0 Å². The zero-order valence-electron chi connectivity index (χ0n) is 77.3. The third kappa shape index (κ3) is 12.8. The quantitative estimate of drug-likeness (QED) is 0.129. The second-order valence-corrected chi connectivity index (χ2v) is 37.4. The molecular formula is C129H80N10O4. The molecule has 0 saturated heterocycles. The van der Waals surface area contributed by atoms with Crippen LogP contribution in [0.5, 0.6) is 0 Å². The van der Waals surface area contributed by atoms with E-state index in [4.69, 9.17) is 47.6 Å². The van der Waals surface area contributed by atoms with Gasteiger partial charge in [-0.05, 0) is 150 Å². The van der Waals surface area contributed by atoms with Crippen molar-refractivity contribution in [1.29, 1.82) is 0 Å². The second kappa shape index (κ2) is 32.0. The minimum Gasteiger partial charge on any atom is -0.456 e. The van der Waals surface area contributed by atoms with E-state index in [9.17, 15) is 0 Å². The van der Waals surface area contributed by atoms with Gasteiger partial charge in [-0.25, -0.2) is 15.0 Å². The first-order valence-electron chi connectivity index (χ1n) is 48.3. The molecule has 0 radical (unpaired) electrons. The summed E-state index contributed by atoms with van der Waals surface area (Å²) >= 11 is 0. The van der Waals surface area contributed by atoms with E-state index in [1.807, 2.05) is 158 Å². The van der Waals surface area contributed by atoms with E-state index in [2.05, 4.69) is 323 Å². The maximum Gasteiger partial charge on any atom is 0.231 e. The van der Waals surface area contributed by atoms with Gasteiger partial charge in [0.05, 0.1) is 83.1 Å². The highest BCUT2D eigenvalue weighted by molar-refractivity contribution is 6.22. The molecule has 1 aliphatic carbocycles. The highest BCUT2D eigenvalue weighted by Crippen LogP contribution is 2.53. The molecule has 0 aliphatic heterocycles. The first-order valence-corrected chi connectivity index (χ1v) is 48.3. The van der Waals surface area contributed by atoms with Crippen molar-refractivity contribution in [2.75, 3.05) is 0 Å². The van der Waals surface area contributed by atoms with Gasteiger partial charge in [0.15, 0.2) is 17.5 Å². The maximum atomic E-state index is 6.36. The molecule has 0 saturated carbocycles. The first kappa shape index (κ1) is 81.0. The van der Waals surface area contributed by atoms with Crippen molar-refractivity contribution in [2.24, 2.45) is 0 Å². The van der Waals surface area contributed by atoms with E-state index in [-0.39, 0.29) is 5.41 Å². The van der Waals surface area contributed by atoms with Gasteiger partial charge in [-0.3, -0.25) is 0 Å². The maximum absolute atomic E-state index is 6.36. The number of nitrogens with zero attached hydrogens (tertiary/aromatic N) is 10. The Bertz CT molecular complexity index is 10500. The van der Waals surface area contributed by atoms with Gasteiger partial charge in [0.25, 0.3) is 0 Å². The van der Waals surface area contributed by atoms with Crippen LogP contribution >= 0.6 is 0 Å². The minimum atomic E-state index is -0.0640. The molecule has 0 N–H and O–H groups in total. The zero-order chi connectivity index (χ0) is 94.2. The van der Waals surface area contributed by atoms with Crippen LogP contribution in [0.3, 0.4) is 0 Å². The summed E-state index contributed by atoms with van der Waals surface area (Å²) in [4.78, 5) is 30.5. The van der Waals surface area contributed by atoms with Crippen LogP contribution in [0, 0.1) is 0 Å². The Morgan fingerprint density at radius 1 is 0.189 bits per heavy atom. The van der Waals surface area contributed by atoms with Crippen molar-refractivity contribution in [1.82, 2.24) is 48.2 Å². The number of benzene rings is 19. The van der Waals surface area contributed by atoms with Gasteiger partial charge >= 0.3 is 0 Å². The highest BCUT2D eigenvalue weighted by Gasteiger charge is 2.37. The van der Waals surface area contributed by atoms with Crippen LogP contribution < -0.4 is 0 Å². The normalized spacial score (nSPS) is 12.5. The lowest BCUT2D eigenvalue weighted by Gasteiger charge is -2.21. The molecule has 143 heavy (non-hydrogen) atoms. The number of hydrogen-bond donors (Lipinski definition) is 0. The predicted octanol–water partition coefficient (Wildman–Crippen LogP) is 33.7. The van der Waals surface area contributed by atoms with Crippen LogP contribution in [0.2, 0.25) is 0 Å². The monoisotopic (exact) mass is 1830 g/mol. The van der Waals surface area contributed by atoms with Crippen molar-refractivity contribution in [2.45, 2.75) is 19.3 Å². The lowest BCUT2D eigenvalue weighted by Crippen LogP contribution is -2.14. The van der Waals surface area contributed by atoms with Crippen molar-refractivity contribution >= 4 is 175 Å². The molecule has 0 atom stereocenters. The summed E-state index contributed by atoms with van der Waals surface area (Å²) in [5.41, 5.74) is 33.2. The molecule has 0 fully saturated rings. The van der Waals surface area contributed by atoms with Crippen LogP contribution in [0.1, 0.15) is 25.0 Å². The van der Waals surface area contributed by atoms with Gasteiger partial charge in [0, 0.05) is 126 Å². The molecule has 0 bridgehead atoms. The fourth-order valence-electron chi connectivity index (χ4n) is 22.5. The van der Waals surface area contributed by atoms with Crippen molar-refractivity contribution in [3.63, 3.8) is 0 Å². The average Bonchev–Trinajstić information content (AvgIpc) is 1.53. The fraction of sp³-hybridized carbons (Fsp3) is 0.0233. The smallest absolute Gasteiger partial charge is 0.231 e. The van der Waals surface area contributed by atoms with Crippen LogP contribution in [-0.4, -0.2) is 48.2 Å². The van der Waals surface area contributed by atoms with E-state index in [0.717, 1.165) is 177 Å². The van der Waals surface area contributed by atoms with Gasteiger partial charge < -0.3 is 35.9 Å². The van der Waals surface area contributed by atoms with Gasteiger partial charge in [0.1, 0.15) is 27.9 Å². The number of fused-ring (bicyclic) bond motifs is 27. The molecule has 0 spiro atoms. The molecule has 0 unspecified atom stereocenters. The predicted molar refractivity (Wildman–Crippen MR) is 583 cm³/mol. The second-order valence-electron chi connectivity index (χ2n) is 37.4. The topological polar surface area (TPSA) is 150 Å². The highest BCUT2D eigenvalue weighted by atomic mass is 16.3. The average molecular weight is 1830 g/mol. The Morgan fingerprint density at radius 3 is 1.00 bits per heavy atom. The third-order valence-electron chi connectivity index (χ3n) is 29.0. The Balaban J connectivity index is 0.000000102. The molecule has 1 aliphatic rings. The summed E-state index contributed by atoms with van der Waals surface area (Å²) in [5.74, 6) is 1.91. The number of furan rings is 4. The van der Waals surface area contributed by atoms with E-state index in [0.29, 0.717) is 34.6 Å². The zero-order valence-corrected chi connectivity index (χ0v) is 77.3. The molecule has 14 heteroatoms. The SMILES string of the molecule is CC1(C)c2ccccc2-c2cc3c(cc21)c1ccccc1n3-c1cccc(-c2nc(-c3ccccc3)nc3oc4ccccc4c23)c1.c1ccc(-c2nc(-c3cccc(-n4c5ccccc5c5cc6c(cc54)c4ccccc4n6-c4ccccc4)c3)c3c(n2)oc2ccccc23)cc1.c1ccc(-c2nc(-c3ccccc3-n3c4ccccc4c4cc5oc6ccccc6c5cc43)c3c(n2)oc2ccccc23)cc1. The van der Waals surface area contributed by atoms with Gasteiger partial charge in [-0.1, -0.05) is 335 Å². The number of aromatic nitrogens is 10. The molecule has 670 valence electrons. The molecule has 14 nitrogen and oxygen atoms in total. The Kier molecular flexibility index (Phi) is 18.1. The summed E-state index contributed by atoms with van der Waals surface area (Å²) in [6.45, 7) is 4.69. The molecule has 19 aromatic carbocycles. The fourth-order valence-corrected chi connectivity index (χ4v) is 22.5. The molecule has 31 rings (SSSR count). The third-order valence-corrected chi connectivity index (χ3v) is 29.0. The molecule has 30 aromatic rings. The van der Waals surface area contributed by atoms with Gasteiger partial charge in [-0.2, -0.15) is 15.0 Å². The number of para-hydroxylation sites is 10. The summed E-state index contributed by atoms with van der Waals surface area (Å²) in [6.07, 6.45) is 0. The van der Waals surface area contributed by atoms with Gasteiger partial charge in [0.2, 0.25) is 17.1 Å². The molecular weight excluding hydrogens is 1750 g/mol. The van der Waals surface area contributed by atoms with Crippen LogP contribution in [-0.2, 0) is 5.41 Å². The standard InChI is InChI=1S/C46H28N4O.C43H29N3O.C40H23N3O2/c1-3-14-29(15-4-1)45-47-44(43-35-22-9-12-25-42(35)51-46(43)48-45)30-16-13-19-32(26-30)50-39-24-11-8-21-34(39)37-27-40-36(28-41(37)50)33-20-7-10-23-38(33)49(40)31-17-5-2-6-18-31;1-43(2)34-20-9-6-17-29(34)32-25-37-33(24-35(32)43)30-18-7-10-21-36(30)46(37)28-16-12-15-27(23-28)40-39-31-19-8-11-22-38(31)47-42(39)45-41(44-40)26-13-4-3-5-14-26;1-2-12-24(13-3-1)39-41-38(37-28-17-7-11-21-35(28)45-40(37)42-39)27-16-5-9-19-32(27)43-31-18-8-4-14-25(31)29-23-36-30(22-33(29)43)26-15-6-10-20-34(26)44-36/h1-28H;3-25H,1-2H3;1-23H. The minimum absolute atomic E-state index is 0.0640. The Labute approximate surface area is 816 Å². The molecule has 0 amide bonds. The number of rotatable bonds is 10. The van der Waals surface area contributed by atoms with E-state index in [1.165, 1.54) is 76.6 Å². The van der Waals surface area contributed by atoms with E-state index in [1.54, 1.807) is 0 Å². The largest absolute Gasteiger partial charge is 0.456 e. The lowest BCUT2D eigenvalue weighted by atomic mass is 9.82. The number of hydrogen-bond acceptors (Lipinski definition) is 10. The first-order chi connectivity index (χ1) is 70.7. The van der Waals surface area contributed by atoms with Crippen LogP contribution in [0.25, 0.3) is 277 Å². The summed E-state index contributed by atoms with van der Waals surface area (Å²) in [7, 11) is 0. The summed E-state index contributed by atoms with van der Waals surface area (Å²) < 4.78 is 34.9. The lowest BCUT2D eigenvalue weighted by molar-refractivity contribution is 0.653. The van der Waals surface area contributed by atoms with E-state index < -0.39 is 0 Å². The van der Waals surface area contributed by atoms with Crippen molar-refractivity contribution in [3.05, 3.63) is 460 Å². The molecule has 11 heterocycles. The summed E-state index contributed by atoms with van der Waals surface area (Å²) in [5, 5.41) is 17.6.